The van der Waals surface area contributed by atoms with Crippen molar-refractivity contribution in [3.63, 3.8) is 0 Å². The quantitative estimate of drug-likeness (QED) is 0.896. The van der Waals surface area contributed by atoms with Crippen LogP contribution in [0.4, 0.5) is 0 Å². The molecule has 0 fully saturated rings. The Bertz CT molecular complexity index is 551. The lowest BCUT2D eigenvalue weighted by molar-refractivity contribution is 0.0694. The van der Waals surface area contributed by atoms with Crippen LogP contribution in [0.1, 0.15) is 10.4 Å². The maximum absolute atomic E-state index is 11.0. The first-order valence-corrected chi connectivity index (χ1v) is 5.20. The smallest absolute Gasteiger partial charge is 0.339 e. The van der Waals surface area contributed by atoms with Gasteiger partial charge >= 0.3 is 5.97 Å². The van der Waals surface area contributed by atoms with Gasteiger partial charge in [-0.05, 0) is 30.3 Å². The molecule has 0 atom stereocenters. The van der Waals surface area contributed by atoms with Crippen LogP contribution in [-0.4, -0.2) is 23.2 Å². The summed E-state index contributed by atoms with van der Waals surface area (Å²) in [6.45, 7) is 0. The molecule has 1 aromatic heterocycles. The van der Waals surface area contributed by atoms with E-state index >= 15 is 0 Å². The molecule has 92 valence electrons. The van der Waals surface area contributed by atoms with Crippen LogP contribution in [0.5, 0.6) is 17.2 Å². The van der Waals surface area contributed by atoms with Crippen LogP contribution in [0.3, 0.4) is 0 Å². The molecule has 5 heteroatoms. The van der Waals surface area contributed by atoms with Crippen molar-refractivity contribution in [2.45, 2.75) is 0 Å². The molecule has 5 nitrogen and oxygen atoms in total. The van der Waals surface area contributed by atoms with Gasteiger partial charge in [0.1, 0.15) is 17.1 Å². The fourth-order valence-electron chi connectivity index (χ4n) is 1.41. The molecule has 0 amide bonds. The summed E-state index contributed by atoms with van der Waals surface area (Å²) in [5.41, 5.74) is 0.0702. The highest BCUT2D eigenvalue weighted by molar-refractivity contribution is 5.90. The fraction of sp³-hybridized carbons (Fsp3) is 0.0769. The lowest BCUT2D eigenvalue weighted by Crippen LogP contribution is -2.00. The molecule has 0 saturated heterocycles. The number of benzene rings is 1. The normalized spacial score (nSPS) is 9.83. The van der Waals surface area contributed by atoms with Crippen LogP contribution < -0.4 is 9.47 Å². The Morgan fingerprint density at radius 2 is 1.83 bits per heavy atom. The van der Waals surface area contributed by atoms with Crippen molar-refractivity contribution in [2.75, 3.05) is 7.11 Å². The molecule has 0 aliphatic rings. The van der Waals surface area contributed by atoms with E-state index in [1.807, 2.05) is 0 Å². The summed E-state index contributed by atoms with van der Waals surface area (Å²) < 4.78 is 10.5. The molecule has 0 aliphatic heterocycles. The molecule has 1 heterocycles. The summed E-state index contributed by atoms with van der Waals surface area (Å²) in [6.07, 6.45) is 2.78. The Kier molecular flexibility index (Phi) is 3.43. The number of ether oxygens (including phenoxy) is 2. The standard InChI is InChI=1S/C13H11NO4/c1-17-9-2-4-10(5-3-9)18-12-8-14-7-6-11(12)13(15)16/h2-8H,1H3,(H,15,16). The monoisotopic (exact) mass is 245 g/mol. The number of carboxylic acid groups (broad SMARTS) is 1. The first-order valence-electron chi connectivity index (χ1n) is 5.20. The second-order valence-electron chi connectivity index (χ2n) is 3.45. The Balaban J connectivity index is 2.25. The summed E-state index contributed by atoms with van der Waals surface area (Å²) in [5.74, 6) is 0.370. The molecule has 0 radical (unpaired) electrons. The van der Waals surface area contributed by atoms with Gasteiger partial charge in [0.15, 0.2) is 5.75 Å². The Labute approximate surface area is 104 Å². The van der Waals surface area contributed by atoms with Crippen LogP contribution in [0, 0.1) is 0 Å². The number of nitrogens with zero attached hydrogens (tertiary/aromatic N) is 1. The van der Waals surface area contributed by atoms with Gasteiger partial charge in [0.05, 0.1) is 13.3 Å². The van der Waals surface area contributed by atoms with E-state index in [9.17, 15) is 4.79 Å². The topological polar surface area (TPSA) is 68.7 Å². The average molecular weight is 245 g/mol. The Hall–Kier alpha value is -2.56. The van der Waals surface area contributed by atoms with Gasteiger partial charge in [-0.15, -0.1) is 0 Å². The second kappa shape index (κ2) is 5.18. The molecule has 0 aliphatic carbocycles. The SMILES string of the molecule is COc1ccc(Oc2cnccc2C(=O)O)cc1. The van der Waals surface area contributed by atoms with Gasteiger partial charge in [-0.2, -0.15) is 0 Å². The minimum absolute atomic E-state index is 0.0702. The molecule has 0 spiro atoms. The third-order valence-electron chi connectivity index (χ3n) is 2.30. The van der Waals surface area contributed by atoms with Crippen LogP contribution >= 0.6 is 0 Å². The molecule has 1 N–H and O–H groups in total. The summed E-state index contributed by atoms with van der Waals surface area (Å²) >= 11 is 0. The van der Waals surface area contributed by atoms with Crippen molar-refractivity contribution in [1.29, 1.82) is 0 Å². The summed E-state index contributed by atoms with van der Waals surface area (Å²) in [6, 6.07) is 8.23. The second-order valence-corrected chi connectivity index (χ2v) is 3.45. The number of hydrogen-bond donors (Lipinski definition) is 1. The summed E-state index contributed by atoms with van der Waals surface area (Å²) in [7, 11) is 1.57. The maximum atomic E-state index is 11.0. The molecule has 2 aromatic rings. The van der Waals surface area contributed by atoms with Crippen molar-refractivity contribution >= 4 is 5.97 Å². The van der Waals surface area contributed by atoms with Gasteiger partial charge in [-0.1, -0.05) is 0 Å². The highest BCUT2D eigenvalue weighted by Gasteiger charge is 2.11. The number of carbonyl (C=O) groups is 1. The number of rotatable bonds is 4. The highest BCUT2D eigenvalue weighted by atomic mass is 16.5. The van der Waals surface area contributed by atoms with E-state index in [4.69, 9.17) is 14.6 Å². The number of hydrogen-bond acceptors (Lipinski definition) is 4. The molecule has 1 aromatic carbocycles. The molecular formula is C13H11NO4. The summed E-state index contributed by atoms with van der Waals surface area (Å²) in [5, 5.41) is 9.00. The zero-order valence-electron chi connectivity index (χ0n) is 9.66. The van der Waals surface area contributed by atoms with Crippen molar-refractivity contribution in [3.05, 3.63) is 48.3 Å². The highest BCUT2D eigenvalue weighted by Crippen LogP contribution is 2.25. The van der Waals surface area contributed by atoms with E-state index in [1.165, 1.54) is 18.5 Å². The fourth-order valence-corrected chi connectivity index (χ4v) is 1.41. The van der Waals surface area contributed by atoms with Gasteiger partial charge in [0, 0.05) is 6.20 Å². The van der Waals surface area contributed by atoms with Crippen LogP contribution in [0.2, 0.25) is 0 Å². The predicted molar refractivity (Wildman–Crippen MR) is 64.3 cm³/mol. The molecule has 2 rings (SSSR count). The van der Waals surface area contributed by atoms with E-state index < -0.39 is 5.97 Å². The first-order chi connectivity index (χ1) is 8.70. The lowest BCUT2D eigenvalue weighted by atomic mass is 10.2. The molecule has 0 bridgehead atoms. The molecule has 0 unspecified atom stereocenters. The molecule has 0 saturated carbocycles. The predicted octanol–water partition coefficient (Wildman–Crippen LogP) is 2.58. The van der Waals surface area contributed by atoms with Gasteiger partial charge < -0.3 is 14.6 Å². The van der Waals surface area contributed by atoms with E-state index in [0.717, 1.165) is 0 Å². The zero-order chi connectivity index (χ0) is 13.0. The number of methoxy groups -OCH3 is 1. The largest absolute Gasteiger partial charge is 0.497 e. The van der Waals surface area contributed by atoms with Crippen molar-refractivity contribution < 1.29 is 19.4 Å². The minimum atomic E-state index is -1.05. The van der Waals surface area contributed by atoms with Gasteiger partial charge in [-0.25, -0.2) is 4.79 Å². The number of carboxylic acids is 1. The van der Waals surface area contributed by atoms with Gasteiger partial charge in [0.25, 0.3) is 0 Å². The van der Waals surface area contributed by atoms with Crippen LogP contribution in [0.15, 0.2) is 42.7 Å². The third kappa shape index (κ3) is 2.57. The lowest BCUT2D eigenvalue weighted by Gasteiger charge is -2.08. The first kappa shape index (κ1) is 11.9. The van der Waals surface area contributed by atoms with Gasteiger partial charge in [-0.3, -0.25) is 4.98 Å². The van der Waals surface area contributed by atoms with Crippen molar-refractivity contribution in [3.8, 4) is 17.2 Å². The van der Waals surface area contributed by atoms with Crippen LogP contribution in [0.25, 0.3) is 0 Å². The van der Waals surface area contributed by atoms with E-state index in [-0.39, 0.29) is 11.3 Å². The van der Waals surface area contributed by atoms with E-state index in [2.05, 4.69) is 4.98 Å². The Morgan fingerprint density at radius 1 is 1.17 bits per heavy atom. The zero-order valence-corrected chi connectivity index (χ0v) is 9.66. The maximum Gasteiger partial charge on any atom is 0.339 e. The average Bonchev–Trinajstić information content (AvgIpc) is 2.40. The number of aromatic carboxylic acids is 1. The summed E-state index contributed by atoms with van der Waals surface area (Å²) in [4.78, 5) is 14.8. The molecule has 18 heavy (non-hydrogen) atoms. The van der Waals surface area contributed by atoms with Gasteiger partial charge in [0.2, 0.25) is 0 Å². The Morgan fingerprint density at radius 3 is 2.44 bits per heavy atom. The molecular weight excluding hydrogens is 234 g/mol. The van der Waals surface area contributed by atoms with Crippen molar-refractivity contribution in [1.82, 2.24) is 4.98 Å². The number of pyridine rings is 1. The van der Waals surface area contributed by atoms with E-state index in [1.54, 1.807) is 31.4 Å². The van der Waals surface area contributed by atoms with Crippen LogP contribution in [-0.2, 0) is 0 Å². The van der Waals surface area contributed by atoms with Crippen molar-refractivity contribution in [2.24, 2.45) is 0 Å². The minimum Gasteiger partial charge on any atom is -0.497 e. The number of aromatic nitrogens is 1. The third-order valence-corrected chi connectivity index (χ3v) is 2.30. The van der Waals surface area contributed by atoms with E-state index in [0.29, 0.717) is 11.5 Å².